The summed E-state index contributed by atoms with van der Waals surface area (Å²) in [7, 11) is -4.18. The van der Waals surface area contributed by atoms with E-state index in [0.717, 1.165) is 17.2 Å². The van der Waals surface area contributed by atoms with Gasteiger partial charge < -0.3 is 5.32 Å². The molecule has 0 fully saturated rings. The van der Waals surface area contributed by atoms with Crippen molar-refractivity contribution in [3.8, 4) is 0 Å². The standard InChI is InChI=1S/C22H25FN4O3S2/c1-31-14-11-20(26-32(29,30)21-6-3-2-5-19(21)23)22(28)24-15-17-7-9-18(10-8-17)16-27-13-4-12-25-27/h2-10,12-13,20,26H,11,14-16H2,1H3,(H,24,28)/t20-/m1/s1. The van der Waals surface area contributed by atoms with Crippen LogP contribution in [0.3, 0.4) is 0 Å². The van der Waals surface area contributed by atoms with Crippen LogP contribution in [-0.2, 0) is 27.9 Å². The van der Waals surface area contributed by atoms with E-state index < -0.39 is 32.7 Å². The Kier molecular flexibility index (Phi) is 8.43. The van der Waals surface area contributed by atoms with Crippen LogP contribution in [-0.4, -0.2) is 42.2 Å². The SMILES string of the molecule is CSCC[C@@H](NS(=O)(=O)c1ccccc1F)C(=O)NCc1ccc(Cn2cccn2)cc1. The first-order chi connectivity index (χ1) is 15.4. The van der Waals surface area contributed by atoms with Crippen molar-refractivity contribution >= 4 is 27.7 Å². The van der Waals surface area contributed by atoms with Crippen molar-refractivity contribution < 1.29 is 17.6 Å². The van der Waals surface area contributed by atoms with Crippen molar-refractivity contribution in [2.45, 2.75) is 30.4 Å². The van der Waals surface area contributed by atoms with Gasteiger partial charge in [0.1, 0.15) is 16.8 Å². The Bertz CT molecular complexity index is 1120. The summed E-state index contributed by atoms with van der Waals surface area (Å²) in [6, 6.07) is 13.7. The predicted molar refractivity (Wildman–Crippen MR) is 123 cm³/mol. The summed E-state index contributed by atoms with van der Waals surface area (Å²) >= 11 is 1.49. The van der Waals surface area contributed by atoms with E-state index in [-0.39, 0.29) is 13.0 Å². The topological polar surface area (TPSA) is 93.1 Å². The smallest absolute Gasteiger partial charge is 0.244 e. The highest BCUT2D eigenvalue weighted by Crippen LogP contribution is 2.15. The molecule has 0 aliphatic heterocycles. The lowest BCUT2D eigenvalue weighted by molar-refractivity contribution is -0.122. The van der Waals surface area contributed by atoms with Gasteiger partial charge in [-0.3, -0.25) is 9.48 Å². The highest BCUT2D eigenvalue weighted by atomic mass is 32.2. The summed E-state index contributed by atoms with van der Waals surface area (Å²) in [5, 5.41) is 6.95. The van der Waals surface area contributed by atoms with Gasteiger partial charge in [-0.05, 0) is 47.8 Å². The first kappa shape index (κ1) is 24.0. The summed E-state index contributed by atoms with van der Waals surface area (Å²) in [5.74, 6) is -0.751. The third kappa shape index (κ3) is 6.65. The van der Waals surface area contributed by atoms with Crippen LogP contribution in [0.2, 0.25) is 0 Å². The number of benzene rings is 2. The van der Waals surface area contributed by atoms with Gasteiger partial charge in [-0.1, -0.05) is 36.4 Å². The third-order valence-corrected chi connectivity index (χ3v) is 6.89. The van der Waals surface area contributed by atoms with Gasteiger partial charge in [0.2, 0.25) is 15.9 Å². The van der Waals surface area contributed by atoms with Gasteiger partial charge in [0.25, 0.3) is 0 Å². The molecular weight excluding hydrogens is 451 g/mol. The highest BCUT2D eigenvalue weighted by molar-refractivity contribution is 7.98. The van der Waals surface area contributed by atoms with Gasteiger partial charge in [0.05, 0.1) is 6.54 Å². The number of hydrogen-bond acceptors (Lipinski definition) is 5. The van der Waals surface area contributed by atoms with Gasteiger partial charge in [0, 0.05) is 18.9 Å². The minimum absolute atomic E-state index is 0.248. The molecule has 7 nitrogen and oxygen atoms in total. The van der Waals surface area contributed by atoms with E-state index in [9.17, 15) is 17.6 Å². The Morgan fingerprint density at radius 2 is 1.84 bits per heavy atom. The number of thioether (sulfide) groups is 1. The number of sulfonamides is 1. The Morgan fingerprint density at radius 1 is 1.12 bits per heavy atom. The molecule has 2 N–H and O–H groups in total. The van der Waals surface area contributed by atoms with Crippen molar-refractivity contribution in [2.75, 3.05) is 12.0 Å². The Balaban J connectivity index is 1.62. The molecule has 0 saturated carbocycles. The van der Waals surface area contributed by atoms with Crippen LogP contribution in [0.1, 0.15) is 17.5 Å². The number of carbonyl (C=O) groups is 1. The molecule has 0 aliphatic rings. The first-order valence-corrected chi connectivity index (χ1v) is 12.9. The van der Waals surface area contributed by atoms with E-state index in [1.807, 2.05) is 47.5 Å². The molecule has 32 heavy (non-hydrogen) atoms. The van der Waals surface area contributed by atoms with Crippen molar-refractivity contribution in [2.24, 2.45) is 0 Å². The lowest BCUT2D eigenvalue weighted by Crippen LogP contribution is -2.46. The maximum atomic E-state index is 14.0. The Labute approximate surface area is 191 Å². The van der Waals surface area contributed by atoms with Crippen LogP contribution >= 0.6 is 11.8 Å². The van der Waals surface area contributed by atoms with E-state index in [1.165, 1.54) is 30.0 Å². The number of carbonyl (C=O) groups excluding carboxylic acids is 1. The molecule has 0 radical (unpaired) electrons. The fraction of sp³-hybridized carbons (Fsp3) is 0.273. The Morgan fingerprint density at radius 3 is 2.50 bits per heavy atom. The quantitative estimate of drug-likeness (QED) is 0.444. The molecular formula is C22H25FN4O3S2. The zero-order valence-corrected chi connectivity index (χ0v) is 19.2. The average Bonchev–Trinajstić information content (AvgIpc) is 3.29. The summed E-state index contributed by atoms with van der Waals surface area (Å²) in [5.41, 5.74) is 1.95. The average molecular weight is 477 g/mol. The van der Waals surface area contributed by atoms with Gasteiger partial charge in [-0.25, -0.2) is 12.8 Å². The second-order valence-electron chi connectivity index (χ2n) is 7.12. The summed E-state index contributed by atoms with van der Waals surface area (Å²) < 4.78 is 43.4. The minimum Gasteiger partial charge on any atom is -0.351 e. The molecule has 1 aromatic heterocycles. The van der Waals surface area contributed by atoms with Crippen LogP contribution in [0.4, 0.5) is 4.39 Å². The van der Waals surface area contributed by atoms with Gasteiger partial charge in [0.15, 0.2) is 0 Å². The van der Waals surface area contributed by atoms with Crippen LogP contribution in [0.25, 0.3) is 0 Å². The lowest BCUT2D eigenvalue weighted by atomic mass is 10.1. The van der Waals surface area contributed by atoms with E-state index in [2.05, 4.69) is 15.1 Å². The van der Waals surface area contributed by atoms with Crippen LogP contribution in [0.5, 0.6) is 0 Å². The van der Waals surface area contributed by atoms with Gasteiger partial charge in [-0.2, -0.15) is 21.6 Å². The second kappa shape index (κ2) is 11.3. The van der Waals surface area contributed by atoms with E-state index in [4.69, 9.17) is 0 Å². The molecule has 3 rings (SSSR count). The number of amides is 1. The monoisotopic (exact) mass is 476 g/mol. The maximum Gasteiger partial charge on any atom is 0.244 e. The van der Waals surface area contributed by atoms with Crippen molar-refractivity contribution in [3.05, 3.63) is 83.9 Å². The lowest BCUT2D eigenvalue weighted by Gasteiger charge is -2.18. The minimum atomic E-state index is -4.18. The molecule has 10 heteroatoms. The van der Waals surface area contributed by atoms with E-state index in [0.29, 0.717) is 12.3 Å². The molecule has 1 amide bonds. The van der Waals surface area contributed by atoms with Crippen molar-refractivity contribution in [1.82, 2.24) is 19.8 Å². The second-order valence-corrected chi connectivity index (χ2v) is 9.79. The zero-order chi connectivity index (χ0) is 23.0. The third-order valence-electron chi connectivity index (χ3n) is 4.74. The van der Waals surface area contributed by atoms with Gasteiger partial charge >= 0.3 is 0 Å². The molecule has 170 valence electrons. The molecule has 2 aromatic carbocycles. The van der Waals surface area contributed by atoms with Crippen LogP contribution in [0, 0.1) is 5.82 Å². The number of nitrogens with zero attached hydrogens (tertiary/aromatic N) is 2. The van der Waals surface area contributed by atoms with Crippen LogP contribution < -0.4 is 10.0 Å². The molecule has 1 heterocycles. The fourth-order valence-corrected chi connectivity index (χ4v) is 4.83. The van der Waals surface area contributed by atoms with Gasteiger partial charge in [-0.15, -0.1) is 0 Å². The maximum absolute atomic E-state index is 14.0. The van der Waals surface area contributed by atoms with Crippen molar-refractivity contribution in [1.29, 1.82) is 0 Å². The van der Waals surface area contributed by atoms with E-state index in [1.54, 1.807) is 6.20 Å². The summed E-state index contributed by atoms with van der Waals surface area (Å²) in [4.78, 5) is 12.3. The largest absolute Gasteiger partial charge is 0.351 e. The van der Waals surface area contributed by atoms with Crippen molar-refractivity contribution in [3.63, 3.8) is 0 Å². The number of hydrogen-bond donors (Lipinski definition) is 2. The molecule has 0 unspecified atom stereocenters. The molecule has 3 aromatic rings. The zero-order valence-electron chi connectivity index (χ0n) is 17.6. The number of aromatic nitrogens is 2. The first-order valence-electron chi connectivity index (χ1n) is 9.98. The normalized spacial score (nSPS) is 12.4. The fourth-order valence-electron chi connectivity index (χ4n) is 3.05. The number of rotatable bonds is 11. The molecule has 0 bridgehead atoms. The molecule has 1 atom stereocenters. The highest BCUT2D eigenvalue weighted by Gasteiger charge is 2.27. The Hall–Kier alpha value is -2.69. The molecule has 0 aliphatic carbocycles. The summed E-state index contributed by atoms with van der Waals surface area (Å²) in [6.45, 7) is 0.895. The summed E-state index contributed by atoms with van der Waals surface area (Å²) in [6.07, 6.45) is 5.75. The number of halogens is 1. The number of nitrogens with one attached hydrogen (secondary N) is 2. The van der Waals surface area contributed by atoms with E-state index >= 15 is 0 Å². The predicted octanol–water partition coefficient (Wildman–Crippen LogP) is 2.79. The molecule has 0 saturated heterocycles. The molecule has 0 spiro atoms. The van der Waals surface area contributed by atoms with Crippen LogP contribution in [0.15, 0.2) is 71.9 Å².